The average molecular weight is 537 g/mol. The van der Waals surface area contributed by atoms with Gasteiger partial charge in [-0.25, -0.2) is 0 Å². The van der Waals surface area contributed by atoms with Crippen molar-refractivity contribution in [3.05, 3.63) is 23.7 Å². The maximum atomic E-state index is 11.1. The maximum Gasteiger partial charge on any atom is 0.329 e. The molecule has 0 aromatic rings. The van der Waals surface area contributed by atoms with Gasteiger partial charge >= 0.3 is 11.9 Å². The first-order chi connectivity index (χ1) is 11.0. The Labute approximate surface area is 164 Å². The van der Waals surface area contributed by atoms with Crippen molar-refractivity contribution in [2.24, 2.45) is 11.8 Å². The summed E-state index contributed by atoms with van der Waals surface area (Å²) in [7, 11) is 0. The van der Waals surface area contributed by atoms with Crippen LogP contribution in [-0.4, -0.2) is 35.1 Å². The molecule has 8 nitrogen and oxygen atoms in total. The Bertz CT molecular complexity index is 641. The van der Waals surface area contributed by atoms with Crippen LogP contribution in [-0.2, 0) is 65.9 Å². The molecule has 0 saturated heterocycles. The SMILES string of the molecule is CC(=O)C1C(=O)C=C(C)OC1=O.CC(=O)C1C(=O)C=C(C)OC1=O.[Hg]. The molecule has 0 bridgehead atoms. The minimum absolute atomic E-state index is 0. The summed E-state index contributed by atoms with van der Waals surface area (Å²) in [4.78, 5) is 65.6. The van der Waals surface area contributed by atoms with Gasteiger partial charge in [0, 0.05) is 39.8 Å². The van der Waals surface area contributed by atoms with Gasteiger partial charge in [-0.1, -0.05) is 0 Å². The van der Waals surface area contributed by atoms with Crippen molar-refractivity contribution in [3.8, 4) is 0 Å². The molecule has 2 unspecified atom stereocenters. The molecule has 2 atom stereocenters. The standard InChI is InChI=1S/2C8H8O4.Hg/c2*1-4-3-6(10)7(5(2)9)8(11)12-4;/h2*3,7H,1-2H3;. The zero-order chi connectivity index (χ0) is 18.6. The maximum absolute atomic E-state index is 11.1. The molecule has 0 N–H and O–H groups in total. The van der Waals surface area contributed by atoms with Crippen LogP contribution in [0.25, 0.3) is 0 Å². The quantitative estimate of drug-likeness (QED) is 0.283. The molecule has 0 aromatic heterocycles. The summed E-state index contributed by atoms with van der Waals surface area (Å²) in [5, 5.41) is 0. The molecule has 0 aromatic carbocycles. The van der Waals surface area contributed by atoms with E-state index in [1.807, 2.05) is 0 Å². The van der Waals surface area contributed by atoms with E-state index in [4.69, 9.17) is 0 Å². The van der Waals surface area contributed by atoms with E-state index in [-0.39, 0.29) is 39.2 Å². The van der Waals surface area contributed by atoms with Gasteiger partial charge in [0.2, 0.25) is 0 Å². The predicted octanol–water partition coefficient (Wildman–Crippen LogP) is 0.440. The number of esters is 2. The molecule has 2 aliphatic heterocycles. The van der Waals surface area contributed by atoms with E-state index in [2.05, 4.69) is 9.47 Å². The number of carbonyl (C=O) groups excluding carboxylic acids is 6. The first kappa shape index (κ1) is 23.0. The van der Waals surface area contributed by atoms with Crippen molar-refractivity contribution >= 4 is 35.1 Å². The van der Waals surface area contributed by atoms with E-state index in [0.29, 0.717) is 0 Å². The van der Waals surface area contributed by atoms with E-state index in [1.165, 1.54) is 27.7 Å². The first-order valence-electron chi connectivity index (χ1n) is 6.93. The van der Waals surface area contributed by atoms with Crippen LogP contribution < -0.4 is 0 Å². The Kier molecular flexibility index (Phi) is 8.75. The van der Waals surface area contributed by atoms with Gasteiger partial charge in [0.15, 0.2) is 35.0 Å². The van der Waals surface area contributed by atoms with Crippen LogP contribution in [0.15, 0.2) is 23.7 Å². The second-order valence-electron chi connectivity index (χ2n) is 5.24. The van der Waals surface area contributed by atoms with Gasteiger partial charge in [-0.15, -0.1) is 0 Å². The van der Waals surface area contributed by atoms with Crippen LogP contribution in [0.3, 0.4) is 0 Å². The Morgan fingerprint density at radius 2 is 1.04 bits per heavy atom. The molecule has 0 saturated carbocycles. The number of rotatable bonds is 2. The number of cyclic esters (lactones) is 2. The number of hydrogen-bond acceptors (Lipinski definition) is 8. The smallest absolute Gasteiger partial charge is 0.329 e. The fraction of sp³-hybridized carbons (Fsp3) is 0.375. The number of ketones is 4. The van der Waals surface area contributed by atoms with Crippen LogP contribution in [0.4, 0.5) is 0 Å². The fourth-order valence-electron chi connectivity index (χ4n) is 2.03. The first-order valence-corrected chi connectivity index (χ1v) is 6.93. The summed E-state index contributed by atoms with van der Waals surface area (Å²) < 4.78 is 9.22. The van der Waals surface area contributed by atoms with Gasteiger partial charge in [-0.05, 0) is 27.7 Å². The summed E-state index contributed by atoms with van der Waals surface area (Å²) in [6.45, 7) is 5.37. The van der Waals surface area contributed by atoms with Crippen LogP contribution in [0.2, 0.25) is 0 Å². The van der Waals surface area contributed by atoms with E-state index < -0.39 is 46.9 Å². The molecule has 0 fully saturated rings. The van der Waals surface area contributed by atoms with Gasteiger partial charge in [0.1, 0.15) is 11.5 Å². The Morgan fingerprint density at radius 1 is 0.760 bits per heavy atom. The molecular formula is C16H16HgO8. The predicted molar refractivity (Wildman–Crippen MR) is 78.1 cm³/mol. The third-order valence-electron chi connectivity index (χ3n) is 3.07. The molecule has 0 aliphatic carbocycles. The van der Waals surface area contributed by atoms with Crippen molar-refractivity contribution in [2.75, 3.05) is 0 Å². The third-order valence-corrected chi connectivity index (χ3v) is 3.07. The molecular weight excluding hydrogens is 521 g/mol. The third kappa shape index (κ3) is 6.11. The second kappa shape index (κ2) is 9.50. The number of carbonyl (C=O) groups is 6. The number of ether oxygens (including phenoxy) is 2. The molecule has 2 aliphatic rings. The van der Waals surface area contributed by atoms with Gasteiger partial charge < -0.3 is 9.47 Å². The summed E-state index contributed by atoms with van der Waals surface area (Å²) in [5.41, 5.74) is 0. The van der Waals surface area contributed by atoms with Gasteiger partial charge in [0.05, 0.1) is 0 Å². The van der Waals surface area contributed by atoms with Gasteiger partial charge in [-0.3, -0.25) is 28.8 Å². The Morgan fingerprint density at radius 3 is 1.24 bits per heavy atom. The van der Waals surface area contributed by atoms with Crippen LogP contribution in [0.5, 0.6) is 0 Å². The molecule has 2 rings (SSSR count). The van der Waals surface area contributed by atoms with Crippen molar-refractivity contribution in [2.45, 2.75) is 27.7 Å². The number of allylic oxidation sites excluding steroid dienone is 4. The summed E-state index contributed by atoms with van der Waals surface area (Å²) in [6, 6.07) is 0. The zero-order valence-corrected chi connectivity index (χ0v) is 19.8. The van der Waals surface area contributed by atoms with Crippen molar-refractivity contribution < 1.29 is 65.9 Å². The number of Topliss-reactive ketones (excluding diaryl/α,β-unsaturated/α-hetero) is 2. The van der Waals surface area contributed by atoms with Crippen molar-refractivity contribution in [1.29, 1.82) is 0 Å². The zero-order valence-electron chi connectivity index (χ0n) is 14.3. The fourth-order valence-corrected chi connectivity index (χ4v) is 2.03. The summed E-state index contributed by atoms with van der Waals surface area (Å²) in [5.74, 6) is -5.48. The van der Waals surface area contributed by atoms with Crippen LogP contribution in [0.1, 0.15) is 27.7 Å². The molecule has 2 heterocycles. The molecule has 130 valence electrons. The molecule has 0 radical (unpaired) electrons. The monoisotopic (exact) mass is 538 g/mol. The molecule has 0 spiro atoms. The van der Waals surface area contributed by atoms with E-state index in [1.54, 1.807) is 0 Å². The molecule has 25 heavy (non-hydrogen) atoms. The summed E-state index contributed by atoms with van der Waals surface area (Å²) in [6.07, 6.45) is 2.32. The van der Waals surface area contributed by atoms with E-state index in [0.717, 1.165) is 12.2 Å². The average Bonchev–Trinajstić information content (AvgIpc) is 2.35. The second-order valence-corrected chi connectivity index (χ2v) is 5.24. The minimum Gasteiger partial charge on any atom is -0.430 e. The van der Waals surface area contributed by atoms with E-state index >= 15 is 0 Å². The number of hydrogen-bond donors (Lipinski definition) is 0. The van der Waals surface area contributed by atoms with Crippen molar-refractivity contribution in [1.82, 2.24) is 0 Å². The molecule has 0 amide bonds. The van der Waals surface area contributed by atoms with Crippen LogP contribution >= 0.6 is 0 Å². The Hall–Kier alpha value is -1.96. The van der Waals surface area contributed by atoms with Gasteiger partial charge in [0.25, 0.3) is 0 Å². The minimum atomic E-state index is -1.24. The normalized spacial score (nSPS) is 22.2. The van der Waals surface area contributed by atoms with Crippen LogP contribution in [0, 0.1) is 11.8 Å². The summed E-state index contributed by atoms with van der Waals surface area (Å²) >= 11 is 0. The van der Waals surface area contributed by atoms with Crippen molar-refractivity contribution in [3.63, 3.8) is 0 Å². The Balaban J connectivity index is 0.000000443. The molecule has 9 heteroatoms. The topological polar surface area (TPSA) is 121 Å². The largest absolute Gasteiger partial charge is 0.430 e. The van der Waals surface area contributed by atoms with E-state index in [9.17, 15) is 28.8 Å². The van der Waals surface area contributed by atoms with Gasteiger partial charge in [-0.2, -0.15) is 0 Å².